The molecule has 0 unspecified atom stereocenters. The highest BCUT2D eigenvalue weighted by Crippen LogP contribution is 2.31. The Morgan fingerprint density at radius 2 is 2.06 bits per heavy atom. The van der Waals surface area contributed by atoms with E-state index in [0.29, 0.717) is 18.1 Å². The molecule has 0 heterocycles. The molecular weight excluding hydrogens is 208 g/mol. The smallest absolute Gasteiger partial charge is 0.310 e. The van der Waals surface area contributed by atoms with E-state index in [1.54, 1.807) is 13.2 Å². The lowest BCUT2D eigenvalue weighted by atomic mass is 10.1. The minimum Gasteiger partial charge on any atom is -0.493 e. The number of esters is 1. The molecule has 0 aliphatic rings. The molecule has 0 bridgehead atoms. The summed E-state index contributed by atoms with van der Waals surface area (Å²) in [7, 11) is 2.93. The first-order chi connectivity index (χ1) is 7.72. The molecule has 0 amide bonds. The number of hydrogen-bond donors (Lipinski definition) is 0. The Morgan fingerprint density at radius 3 is 2.62 bits per heavy atom. The predicted molar refractivity (Wildman–Crippen MR) is 59.9 cm³/mol. The fourth-order valence-electron chi connectivity index (χ4n) is 1.40. The lowest BCUT2D eigenvalue weighted by molar-refractivity contribution is -0.139. The van der Waals surface area contributed by atoms with Crippen molar-refractivity contribution in [2.24, 2.45) is 0 Å². The van der Waals surface area contributed by atoms with Crippen LogP contribution in [-0.4, -0.2) is 26.8 Å². The highest BCUT2D eigenvalue weighted by molar-refractivity contribution is 5.74. The van der Waals surface area contributed by atoms with Crippen LogP contribution in [0.5, 0.6) is 11.5 Å². The third-order valence-electron chi connectivity index (χ3n) is 2.13. The number of carbonyl (C=O) groups is 1. The largest absolute Gasteiger partial charge is 0.493 e. The van der Waals surface area contributed by atoms with E-state index in [1.165, 1.54) is 7.11 Å². The second kappa shape index (κ2) is 6.00. The molecule has 0 atom stereocenters. The van der Waals surface area contributed by atoms with Crippen molar-refractivity contribution in [3.8, 4) is 11.5 Å². The number of benzene rings is 1. The van der Waals surface area contributed by atoms with Gasteiger partial charge >= 0.3 is 5.97 Å². The molecule has 4 heteroatoms. The van der Waals surface area contributed by atoms with Gasteiger partial charge in [0.05, 0.1) is 27.2 Å². The standard InChI is InChI=1S/C12H16O4/c1-4-16-12-9(8-11(13)15-3)6-5-7-10(12)14-2/h5-7H,4,8H2,1-3H3. The first-order valence-electron chi connectivity index (χ1n) is 5.08. The van der Waals surface area contributed by atoms with Crippen molar-refractivity contribution >= 4 is 5.97 Å². The number of ether oxygens (including phenoxy) is 3. The monoisotopic (exact) mass is 224 g/mol. The molecule has 0 aliphatic heterocycles. The van der Waals surface area contributed by atoms with Gasteiger partial charge in [-0.3, -0.25) is 4.79 Å². The van der Waals surface area contributed by atoms with E-state index in [0.717, 1.165) is 5.56 Å². The topological polar surface area (TPSA) is 44.8 Å². The Balaban J connectivity index is 3.01. The fraction of sp³-hybridized carbons (Fsp3) is 0.417. The molecule has 0 spiro atoms. The van der Waals surface area contributed by atoms with Crippen molar-refractivity contribution < 1.29 is 19.0 Å². The molecule has 0 saturated heterocycles. The average molecular weight is 224 g/mol. The highest BCUT2D eigenvalue weighted by atomic mass is 16.5. The summed E-state index contributed by atoms with van der Waals surface area (Å²) in [6.07, 6.45) is 0.184. The molecule has 16 heavy (non-hydrogen) atoms. The van der Waals surface area contributed by atoms with Crippen LogP contribution in [0, 0.1) is 0 Å². The number of carbonyl (C=O) groups excluding carboxylic acids is 1. The third kappa shape index (κ3) is 2.89. The number of methoxy groups -OCH3 is 2. The second-order valence-electron chi connectivity index (χ2n) is 3.13. The van der Waals surface area contributed by atoms with Crippen molar-refractivity contribution in [2.75, 3.05) is 20.8 Å². The van der Waals surface area contributed by atoms with Gasteiger partial charge in [-0.2, -0.15) is 0 Å². The van der Waals surface area contributed by atoms with Gasteiger partial charge in [-0.1, -0.05) is 12.1 Å². The molecule has 0 aromatic heterocycles. The number of hydrogen-bond acceptors (Lipinski definition) is 4. The Hall–Kier alpha value is -1.71. The molecule has 0 fully saturated rings. The van der Waals surface area contributed by atoms with Gasteiger partial charge in [0.1, 0.15) is 0 Å². The zero-order valence-electron chi connectivity index (χ0n) is 9.78. The zero-order chi connectivity index (χ0) is 12.0. The molecular formula is C12H16O4. The van der Waals surface area contributed by atoms with E-state index in [4.69, 9.17) is 9.47 Å². The first-order valence-corrected chi connectivity index (χ1v) is 5.08. The van der Waals surface area contributed by atoms with Crippen LogP contribution in [0.15, 0.2) is 18.2 Å². The minimum atomic E-state index is -0.297. The van der Waals surface area contributed by atoms with Crippen LogP contribution in [0.4, 0.5) is 0 Å². The Labute approximate surface area is 95.1 Å². The maximum Gasteiger partial charge on any atom is 0.310 e. The zero-order valence-corrected chi connectivity index (χ0v) is 9.78. The van der Waals surface area contributed by atoms with Crippen LogP contribution in [0.3, 0.4) is 0 Å². The third-order valence-corrected chi connectivity index (χ3v) is 2.13. The minimum absolute atomic E-state index is 0.184. The molecule has 0 N–H and O–H groups in total. The van der Waals surface area contributed by atoms with Crippen molar-refractivity contribution in [2.45, 2.75) is 13.3 Å². The van der Waals surface area contributed by atoms with Gasteiger partial charge in [-0.05, 0) is 13.0 Å². The van der Waals surface area contributed by atoms with Gasteiger partial charge in [0.25, 0.3) is 0 Å². The second-order valence-corrected chi connectivity index (χ2v) is 3.13. The van der Waals surface area contributed by atoms with Gasteiger partial charge in [0.15, 0.2) is 11.5 Å². The Morgan fingerprint density at radius 1 is 1.31 bits per heavy atom. The summed E-state index contributed by atoms with van der Waals surface area (Å²) in [5.41, 5.74) is 0.771. The lowest BCUT2D eigenvalue weighted by Gasteiger charge is -2.13. The van der Waals surface area contributed by atoms with Gasteiger partial charge in [-0.25, -0.2) is 0 Å². The lowest BCUT2D eigenvalue weighted by Crippen LogP contribution is -2.07. The molecule has 1 aromatic rings. The fourth-order valence-corrected chi connectivity index (χ4v) is 1.40. The van der Waals surface area contributed by atoms with Gasteiger partial charge < -0.3 is 14.2 Å². The van der Waals surface area contributed by atoms with Crippen LogP contribution >= 0.6 is 0 Å². The van der Waals surface area contributed by atoms with Crippen LogP contribution < -0.4 is 9.47 Å². The van der Waals surface area contributed by atoms with Crippen molar-refractivity contribution in [1.82, 2.24) is 0 Å². The van der Waals surface area contributed by atoms with Crippen LogP contribution in [0.2, 0.25) is 0 Å². The quantitative estimate of drug-likeness (QED) is 0.715. The maximum absolute atomic E-state index is 11.2. The van der Waals surface area contributed by atoms with Crippen LogP contribution in [0.25, 0.3) is 0 Å². The average Bonchev–Trinajstić information content (AvgIpc) is 2.31. The van der Waals surface area contributed by atoms with Crippen LogP contribution in [0.1, 0.15) is 12.5 Å². The van der Waals surface area contributed by atoms with Gasteiger partial charge in [-0.15, -0.1) is 0 Å². The first kappa shape index (κ1) is 12.4. The van der Waals surface area contributed by atoms with Gasteiger partial charge in [0.2, 0.25) is 0 Å². The number of para-hydroxylation sites is 1. The maximum atomic E-state index is 11.2. The van der Waals surface area contributed by atoms with E-state index in [-0.39, 0.29) is 12.4 Å². The summed E-state index contributed by atoms with van der Waals surface area (Å²) < 4.78 is 15.3. The van der Waals surface area contributed by atoms with E-state index in [2.05, 4.69) is 4.74 Å². The molecule has 88 valence electrons. The van der Waals surface area contributed by atoms with Crippen molar-refractivity contribution in [1.29, 1.82) is 0 Å². The molecule has 1 rings (SSSR count). The van der Waals surface area contributed by atoms with Crippen molar-refractivity contribution in [3.63, 3.8) is 0 Å². The molecule has 0 saturated carbocycles. The summed E-state index contributed by atoms with van der Waals surface area (Å²) in [6.45, 7) is 2.41. The Bertz CT molecular complexity index is 360. The van der Waals surface area contributed by atoms with E-state index in [9.17, 15) is 4.79 Å². The Kier molecular flexibility index (Phi) is 4.64. The summed E-state index contributed by atoms with van der Waals surface area (Å²) >= 11 is 0. The predicted octanol–water partition coefficient (Wildman–Crippen LogP) is 1.81. The summed E-state index contributed by atoms with van der Waals surface area (Å²) in [5, 5.41) is 0. The SMILES string of the molecule is CCOc1c(CC(=O)OC)cccc1OC. The molecule has 0 aliphatic carbocycles. The highest BCUT2D eigenvalue weighted by Gasteiger charge is 2.13. The van der Waals surface area contributed by atoms with Crippen molar-refractivity contribution in [3.05, 3.63) is 23.8 Å². The van der Waals surface area contributed by atoms with E-state index in [1.807, 2.05) is 19.1 Å². The van der Waals surface area contributed by atoms with E-state index >= 15 is 0 Å². The molecule has 1 aromatic carbocycles. The van der Waals surface area contributed by atoms with E-state index < -0.39 is 0 Å². The molecule has 4 nitrogen and oxygen atoms in total. The summed E-state index contributed by atoms with van der Waals surface area (Å²) in [4.78, 5) is 11.2. The number of rotatable bonds is 5. The summed E-state index contributed by atoms with van der Waals surface area (Å²) in [5.74, 6) is 0.940. The van der Waals surface area contributed by atoms with Gasteiger partial charge in [0, 0.05) is 5.56 Å². The van der Waals surface area contributed by atoms with Crippen LogP contribution in [-0.2, 0) is 16.0 Å². The molecule has 0 radical (unpaired) electrons. The summed E-state index contributed by atoms with van der Waals surface area (Å²) in [6, 6.07) is 5.44. The normalized spacial score (nSPS) is 9.69.